The second-order valence-corrected chi connectivity index (χ2v) is 4.26. The summed E-state index contributed by atoms with van der Waals surface area (Å²) in [6.45, 7) is 4.81. The summed E-state index contributed by atoms with van der Waals surface area (Å²) in [7, 11) is 0. The summed E-state index contributed by atoms with van der Waals surface area (Å²) in [5, 5.41) is 0. The minimum Gasteiger partial charge on any atom is -0.331 e. The third-order valence-electron chi connectivity index (χ3n) is 3.02. The van der Waals surface area contributed by atoms with Gasteiger partial charge >= 0.3 is 0 Å². The molecule has 0 saturated carbocycles. The number of aromatic nitrogens is 2. The molecule has 1 aromatic rings. The van der Waals surface area contributed by atoms with Crippen LogP contribution in [-0.4, -0.2) is 15.3 Å². The number of hydrogen-bond donors (Lipinski definition) is 0. The van der Waals surface area contributed by atoms with Gasteiger partial charge in [-0.3, -0.25) is 4.79 Å². The van der Waals surface area contributed by atoms with Crippen molar-refractivity contribution in [3.05, 3.63) is 17.2 Å². The lowest BCUT2D eigenvalue weighted by Crippen LogP contribution is -2.14. The average Bonchev–Trinajstić information content (AvgIpc) is 2.56. The zero-order chi connectivity index (χ0) is 10.8. The van der Waals surface area contributed by atoms with E-state index in [1.807, 2.05) is 0 Å². The van der Waals surface area contributed by atoms with Crippen LogP contribution in [0.3, 0.4) is 0 Å². The number of nitrogens with zero attached hydrogens (tertiary/aromatic N) is 2. The second-order valence-electron chi connectivity index (χ2n) is 4.26. The number of fused-ring (bicyclic) bond motifs is 1. The van der Waals surface area contributed by atoms with E-state index < -0.39 is 0 Å². The molecule has 0 aromatic carbocycles. The number of ketones is 1. The predicted octanol–water partition coefficient (Wildman–Crippen LogP) is 1.91. The van der Waals surface area contributed by atoms with Crippen LogP contribution in [0.2, 0.25) is 0 Å². The molecule has 2 heterocycles. The maximum absolute atomic E-state index is 11.2. The van der Waals surface area contributed by atoms with E-state index in [1.54, 1.807) is 6.92 Å². The summed E-state index contributed by atoms with van der Waals surface area (Å²) in [6.07, 6.45) is 5.01. The van der Waals surface area contributed by atoms with Crippen molar-refractivity contribution in [3.63, 3.8) is 0 Å². The molecular weight excluding hydrogens is 188 g/mol. The molecule has 0 fully saturated rings. The van der Waals surface area contributed by atoms with Crippen molar-refractivity contribution in [2.24, 2.45) is 0 Å². The first-order valence-corrected chi connectivity index (χ1v) is 5.79. The highest BCUT2D eigenvalue weighted by atomic mass is 16.1. The molecule has 1 aliphatic heterocycles. The fourth-order valence-electron chi connectivity index (χ4n) is 2.32. The molecule has 82 valence electrons. The zero-order valence-electron chi connectivity index (χ0n) is 9.55. The van der Waals surface area contributed by atoms with Crippen molar-refractivity contribution in [2.75, 3.05) is 0 Å². The lowest BCUT2D eigenvalue weighted by Gasteiger charge is -2.15. The Labute approximate surface area is 90.5 Å². The van der Waals surface area contributed by atoms with Crippen LogP contribution in [0.15, 0.2) is 0 Å². The highest BCUT2D eigenvalue weighted by molar-refractivity contribution is 5.78. The molecule has 1 aromatic heterocycles. The van der Waals surface area contributed by atoms with E-state index in [2.05, 4.69) is 16.5 Å². The maximum atomic E-state index is 11.2. The lowest BCUT2D eigenvalue weighted by molar-refractivity contribution is -0.116. The SMILES string of the molecule is CCc1nc2n(c1CC(C)=O)CCCC2. The van der Waals surface area contributed by atoms with Crippen molar-refractivity contribution in [1.29, 1.82) is 0 Å². The predicted molar refractivity (Wildman–Crippen MR) is 58.9 cm³/mol. The highest BCUT2D eigenvalue weighted by Crippen LogP contribution is 2.20. The molecule has 0 amide bonds. The van der Waals surface area contributed by atoms with Crippen LogP contribution in [0.4, 0.5) is 0 Å². The minimum absolute atomic E-state index is 0.234. The van der Waals surface area contributed by atoms with Crippen LogP contribution in [0.1, 0.15) is 43.9 Å². The largest absolute Gasteiger partial charge is 0.331 e. The smallest absolute Gasteiger partial charge is 0.135 e. The summed E-state index contributed by atoms with van der Waals surface area (Å²) in [6, 6.07) is 0. The van der Waals surface area contributed by atoms with Gasteiger partial charge in [-0.25, -0.2) is 4.98 Å². The fraction of sp³-hybridized carbons (Fsp3) is 0.667. The Morgan fingerprint density at radius 2 is 2.27 bits per heavy atom. The molecule has 0 atom stereocenters. The Morgan fingerprint density at radius 3 is 2.93 bits per heavy atom. The Bertz CT molecular complexity index is 379. The zero-order valence-corrected chi connectivity index (χ0v) is 9.55. The van der Waals surface area contributed by atoms with Gasteiger partial charge in [-0.2, -0.15) is 0 Å². The minimum atomic E-state index is 0.234. The van der Waals surface area contributed by atoms with Gasteiger partial charge in [-0.05, 0) is 26.2 Å². The van der Waals surface area contributed by atoms with Gasteiger partial charge in [-0.15, -0.1) is 0 Å². The van der Waals surface area contributed by atoms with Crippen molar-refractivity contribution < 1.29 is 4.79 Å². The highest BCUT2D eigenvalue weighted by Gasteiger charge is 2.19. The second kappa shape index (κ2) is 4.17. The van der Waals surface area contributed by atoms with E-state index in [1.165, 1.54) is 24.4 Å². The van der Waals surface area contributed by atoms with Crippen LogP contribution < -0.4 is 0 Å². The lowest BCUT2D eigenvalue weighted by atomic mass is 10.1. The first kappa shape index (κ1) is 10.4. The molecule has 0 bridgehead atoms. The molecule has 3 heteroatoms. The Morgan fingerprint density at radius 1 is 1.47 bits per heavy atom. The Hall–Kier alpha value is -1.12. The molecule has 15 heavy (non-hydrogen) atoms. The van der Waals surface area contributed by atoms with Crippen LogP contribution in [-0.2, 0) is 30.6 Å². The van der Waals surface area contributed by atoms with E-state index in [0.717, 1.165) is 25.1 Å². The average molecular weight is 206 g/mol. The molecule has 1 aliphatic rings. The maximum Gasteiger partial charge on any atom is 0.135 e. The van der Waals surface area contributed by atoms with Gasteiger partial charge in [0.1, 0.15) is 11.6 Å². The van der Waals surface area contributed by atoms with Crippen molar-refractivity contribution in [1.82, 2.24) is 9.55 Å². The number of Topliss-reactive ketones (excluding diaryl/α,β-unsaturated/α-hetero) is 1. The van der Waals surface area contributed by atoms with Gasteiger partial charge < -0.3 is 4.57 Å². The van der Waals surface area contributed by atoms with E-state index >= 15 is 0 Å². The van der Waals surface area contributed by atoms with Gasteiger partial charge in [0, 0.05) is 25.1 Å². The van der Waals surface area contributed by atoms with Crippen LogP contribution in [0, 0.1) is 0 Å². The molecule has 2 rings (SSSR count). The normalized spacial score (nSPS) is 15.1. The summed E-state index contributed by atoms with van der Waals surface area (Å²) >= 11 is 0. The number of aryl methyl sites for hydroxylation is 2. The van der Waals surface area contributed by atoms with E-state index in [4.69, 9.17) is 0 Å². The van der Waals surface area contributed by atoms with Crippen molar-refractivity contribution >= 4 is 5.78 Å². The molecular formula is C12H18N2O. The topological polar surface area (TPSA) is 34.9 Å². The van der Waals surface area contributed by atoms with E-state index in [9.17, 15) is 4.79 Å². The van der Waals surface area contributed by atoms with Crippen molar-refractivity contribution in [3.8, 4) is 0 Å². The fourth-order valence-corrected chi connectivity index (χ4v) is 2.32. The number of imidazole rings is 1. The molecule has 0 N–H and O–H groups in total. The van der Waals surface area contributed by atoms with Gasteiger partial charge in [0.2, 0.25) is 0 Å². The number of carbonyl (C=O) groups is 1. The van der Waals surface area contributed by atoms with Gasteiger partial charge in [-0.1, -0.05) is 6.92 Å². The Balaban J connectivity index is 2.39. The quantitative estimate of drug-likeness (QED) is 0.757. The molecule has 0 unspecified atom stereocenters. The number of carbonyl (C=O) groups excluding carboxylic acids is 1. The summed E-state index contributed by atoms with van der Waals surface area (Å²) in [5.74, 6) is 1.42. The molecule has 0 radical (unpaired) electrons. The van der Waals surface area contributed by atoms with Crippen LogP contribution in [0.5, 0.6) is 0 Å². The van der Waals surface area contributed by atoms with Crippen LogP contribution >= 0.6 is 0 Å². The number of hydrogen-bond acceptors (Lipinski definition) is 2. The third kappa shape index (κ3) is 1.96. The van der Waals surface area contributed by atoms with E-state index in [0.29, 0.717) is 6.42 Å². The summed E-state index contributed by atoms with van der Waals surface area (Å²) in [5.41, 5.74) is 2.29. The van der Waals surface area contributed by atoms with Crippen LogP contribution in [0.25, 0.3) is 0 Å². The third-order valence-corrected chi connectivity index (χ3v) is 3.02. The Kier molecular flexibility index (Phi) is 2.89. The summed E-state index contributed by atoms with van der Waals surface area (Å²) < 4.78 is 2.27. The van der Waals surface area contributed by atoms with Gasteiger partial charge in [0.05, 0.1) is 5.69 Å². The first-order valence-electron chi connectivity index (χ1n) is 5.79. The number of rotatable bonds is 3. The molecule has 0 aliphatic carbocycles. The monoisotopic (exact) mass is 206 g/mol. The van der Waals surface area contributed by atoms with Gasteiger partial charge in [0.25, 0.3) is 0 Å². The first-order chi connectivity index (χ1) is 7.22. The summed E-state index contributed by atoms with van der Waals surface area (Å²) in [4.78, 5) is 15.9. The van der Waals surface area contributed by atoms with Crippen molar-refractivity contribution in [2.45, 2.75) is 52.5 Å². The van der Waals surface area contributed by atoms with E-state index in [-0.39, 0.29) is 5.78 Å². The molecule has 0 saturated heterocycles. The molecule has 0 spiro atoms. The standard InChI is InChI=1S/C12H18N2O/c1-3-10-11(8-9(2)15)14-7-5-4-6-12(14)13-10/h3-8H2,1-2H3. The molecule has 3 nitrogen and oxygen atoms in total. The van der Waals surface area contributed by atoms with Gasteiger partial charge in [0.15, 0.2) is 0 Å².